The first-order valence-electron chi connectivity index (χ1n) is 11.7. The molecule has 1 aromatic carbocycles. The number of pyridine rings is 2. The van der Waals surface area contributed by atoms with Crippen LogP contribution in [-0.2, 0) is 14.8 Å². The maximum absolute atomic E-state index is 13.7. The molecule has 0 aliphatic rings. The highest BCUT2D eigenvalue weighted by Gasteiger charge is 2.34. The number of nitrogens with one attached hydrogen (secondary N) is 1. The van der Waals surface area contributed by atoms with E-state index in [-0.39, 0.29) is 5.95 Å². The Morgan fingerprint density at radius 1 is 1.03 bits per heavy atom. The molecule has 3 heterocycles. The molecule has 0 unspecified atom stereocenters. The normalized spacial score (nSPS) is 12.8. The van der Waals surface area contributed by atoms with Crippen LogP contribution in [0.25, 0.3) is 17.1 Å². The average molecular weight is 550 g/mol. The van der Waals surface area contributed by atoms with Crippen LogP contribution in [0.4, 0.5) is 5.95 Å². The molecule has 1 N–H and O–H groups in total. The topological polar surface area (TPSA) is 154 Å². The Hall–Kier alpha value is -4.54. The van der Waals surface area contributed by atoms with E-state index in [1.807, 2.05) is 19.1 Å². The molecule has 0 fully saturated rings. The number of aromatic nitrogens is 5. The minimum atomic E-state index is -4.14. The molecule has 3 aromatic heterocycles. The molecule has 0 spiro atoms. The van der Waals surface area contributed by atoms with E-state index in [0.717, 1.165) is 5.56 Å². The SMILES string of the molecule is COc1cccc(OC)c1-n1c(NS(=O)(=O)[C@@H](C)[C@@H](OC)c2ccc(C#N)cn2)nnc1-c1cncc(C)c1. The molecule has 0 aliphatic carbocycles. The first-order valence-corrected chi connectivity index (χ1v) is 13.3. The van der Waals surface area contributed by atoms with Crippen molar-refractivity contribution in [2.24, 2.45) is 0 Å². The minimum Gasteiger partial charge on any atom is -0.494 e. The third-order valence-corrected chi connectivity index (χ3v) is 7.73. The van der Waals surface area contributed by atoms with Crippen molar-refractivity contribution in [2.45, 2.75) is 25.2 Å². The summed E-state index contributed by atoms with van der Waals surface area (Å²) < 4.78 is 48.1. The van der Waals surface area contributed by atoms with Crippen LogP contribution in [0.3, 0.4) is 0 Å². The van der Waals surface area contributed by atoms with Crippen molar-refractivity contribution in [3.8, 4) is 34.6 Å². The summed E-state index contributed by atoms with van der Waals surface area (Å²) in [5.41, 5.74) is 2.58. The van der Waals surface area contributed by atoms with Gasteiger partial charge in [0.15, 0.2) is 5.82 Å². The maximum atomic E-state index is 13.7. The molecular formula is C26H27N7O5S. The second-order valence-corrected chi connectivity index (χ2v) is 10.6. The van der Waals surface area contributed by atoms with E-state index in [2.05, 4.69) is 24.9 Å². The Morgan fingerprint density at radius 2 is 1.74 bits per heavy atom. The van der Waals surface area contributed by atoms with Crippen LogP contribution in [-0.4, -0.2) is 59.7 Å². The molecule has 13 heteroatoms. The zero-order valence-corrected chi connectivity index (χ0v) is 22.8. The van der Waals surface area contributed by atoms with Crippen LogP contribution in [0, 0.1) is 18.3 Å². The highest BCUT2D eigenvalue weighted by molar-refractivity contribution is 7.93. The summed E-state index contributed by atoms with van der Waals surface area (Å²) in [6.07, 6.45) is 3.73. The van der Waals surface area contributed by atoms with Gasteiger partial charge >= 0.3 is 0 Å². The van der Waals surface area contributed by atoms with Crippen LogP contribution < -0.4 is 14.2 Å². The number of ether oxygens (including phenoxy) is 3. The van der Waals surface area contributed by atoms with Crippen LogP contribution in [0.2, 0.25) is 0 Å². The predicted molar refractivity (Wildman–Crippen MR) is 143 cm³/mol. The number of nitrogens with zero attached hydrogens (tertiary/aromatic N) is 6. The standard InChI is InChI=1S/C26H27N7O5S/c1-16-11-19(15-28-13-16)25-30-31-26(33(25)23-21(36-3)7-6-8-22(23)37-4)32-39(34,35)17(2)24(38-5)20-10-9-18(12-27)14-29-20/h6-11,13-15,17,24H,1-5H3,(H,31,32)/t17-,24+/m0/s1. The van der Waals surface area contributed by atoms with E-state index in [4.69, 9.17) is 19.5 Å². The number of aryl methyl sites for hydroxylation is 1. The molecule has 0 saturated heterocycles. The van der Waals surface area contributed by atoms with Gasteiger partial charge in [-0.2, -0.15) is 5.26 Å². The highest BCUT2D eigenvalue weighted by atomic mass is 32.2. The lowest BCUT2D eigenvalue weighted by atomic mass is 10.1. The van der Waals surface area contributed by atoms with E-state index < -0.39 is 21.4 Å². The zero-order valence-electron chi connectivity index (χ0n) is 22.0. The molecule has 0 bridgehead atoms. The molecular weight excluding hydrogens is 522 g/mol. The first kappa shape index (κ1) is 27.5. The Morgan fingerprint density at radius 3 is 2.31 bits per heavy atom. The summed E-state index contributed by atoms with van der Waals surface area (Å²) >= 11 is 0. The molecule has 4 rings (SSSR count). The maximum Gasteiger partial charge on any atom is 0.243 e. The van der Waals surface area contributed by atoms with Crippen LogP contribution in [0.1, 0.15) is 29.8 Å². The monoisotopic (exact) mass is 549 g/mol. The Labute approximate surface area is 226 Å². The quantitative estimate of drug-likeness (QED) is 0.311. The number of para-hydroxylation sites is 1. The van der Waals surface area contributed by atoms with Gasteiger partial charge in [0.25, 0.3) is 0 Å². The molecule has 202 valence electrons. The number of hydrogen-bond donors (Lipinski definition) is 1. The number of anilines is 1. The van der Waals surface area contributed by atoms with E-state index in [0.29, 0.717) is 39.8 Å². The lowest BCUT2D eigenvalue weighted by Crippen LogP contribution is -2.33. The summed E-state index contributed by atoms with van der Waals surface area (Å²) in [5, 5.41) is 16.4. The van der Waals surface area contributed by atoms with Gasteiger partial charge in [0.2, 0.25) is 16.0 Å². The Balaban J connectivity index is 1.83. The highest BCUT2D eigenvalue weighted by Crippen LogP contribution is 2.38. The smallest absolute Gasteiger partial charge is 0.243 e. The fourth-order valence-electron chi connectivity index (χ4n) is 4.05. The number of sulfonamides is 1. The van der Waals surface area contributed by atoms with Crippen LogP contribution in [0.15, 0.2) is 55.0 Å². The number of benzene rings is 1. The number of hydrogen-bond acceptors (Lipinski definition) is 10. The van der Waals surface area contributed by atoms with Gasteiger partial charge in [-0.1, -0.05) is 6.07 Å². The molecule has 39 heavy (non-hydrogen) atoms. The van der Waals surface area contributed by atoms with Gasteiger partial charge in [-0.15, -0.1) is 10.2 Å². The number of nitriles is 1. The van der Waals surface area contributed by atoms with E-state index in [1.165, 1.54) is 39.0 Å². The van der Waals surface area contributed by atoms with Gasteiger partial charge in [-0.05, 0) is 49.7 Å². The Kier molecular flexibility index (Phi) is 8.08. The van der Waals surface area contributed by atoms with Crippen molar-refractivity contribution in [3.05, 3.63) is 71.8 Å². The molecule has 0 radical (unpaired) electrons. The van der Waals surface area contributed by atoms with Gasteiger partial charge < -0.3 is 14.2 Å². The lowest BCUT2D eigenvalue weighted by molar-refractivity contribution is 0.0989. The molecule has 4 aromatic rings. The van der Waals surface area contributed by atoms with Crippen LogP contribution in [0.5, 0.6) is 11.5 Å². The van der Waals surface area contributed by atoms with Gasteiger partial charge in [-0.3, -0.25) is 19.3 Å². The van der Waals surface area contributed by atoms with Crippen molar-refractivity contribution in [3.63, 3.8) is 0 Å². The number of methoxy groups -OCH3 is 3. The summed E-state index contributed by atoms with van der Waals surface area (Å²) in [5.74, 6) is 1.03. The van der Waals surface area contributed by atoms with Crippen molar-refractivity contribution >= 4 is 16.0 Å². The summed E-state index contributed by atoms with van der Waals surface area (Å²) in [6, 6.07) is 12.1. The molecule has 12 nitrogen and oxygen atoms in total. The van der Waals surface area contributed by atoms with Gasteiger partial charge in [0.1, 0.15) is 34.6 Å². The molecule has 0 saturated carbocycles. The fraction of sp³-hybridized carbons (Fsp3) is 0.269. The van der Waals surface area contributed by atoms with Gasteiger partial charge in [-0.25, -0.2) is 8.42 Å². The van der Waals surface area contributed by atoms with Crippen molar-refractivity contribution in [1.82, 2.24) is 24.7 Å². The van der Waals surface area contributed by atoms with Gasteiger partial charge in [0.05, 0.1) is 25.5 Å². The van der Waals surface area contributed by atoms with Crippen molar-refractivity contribution < 1.29 is 22.6 Å². The largest absolute Gasteiger partial charge is 0.494 e. The third-order valence-electron chi connectivity index (χ3n) is 6.03. The van der Waals surface area contributed by atoms with E-state index >= 15 is 0 Å². The van der Waals surface area contributed by atoms with Crippen molar-refractivity contribution in [2.75, 3.05) is 26.1 Å². The first-order chi connectivity index (χ1) is 18.7. The van der Waals surface area contributed by atoms with Gasteiger partial charge in [0, 0.05) is 31.3 Å². The second kappa shape index (κ2) is 11.5. The van der Waals surface area contributed by atoms with E-state index in [9.17, 15) is 8.42 Å². The fourth-order valence-corrected chi connectivity index (χ4v) is 5.20. The lowest BCUT2D eigenvalue weighted by Gasteiger charge is -2.23. The third kappa shape index (κ3) is 5.52. The van der Waals surface area contributed by atoms with Crippen molar-refractivity contribution in [1.29, 1.82) is 5.26 Å². The summed E-state index contributed by atoms with van der Waals surface area (Å²) in [6.45, 7) is 3.38. The second-order valence-electron chi connectivity index (χ2n) is 8.54. The predicted octanol–water partition coefficient (Wildman–Crippen LogP) is 3.44. The Bertz CT molecular complexity index is 1590. The summed E-state index contributed by atoms with van der Waals surface area (Å²) in [7, 11) is 0.247. The minimum absolute atomic E-state index is 0.0937. The molecule has 0 amide bonds. The zero-order chi connectivity index (χ0) is 28.2. The molecule has 2 atom stereocenters. The van der Waals surface area contributed by atoms with E-state index in [1.54, 1.807) is 42.7 Å². The average Bonchev–Trinajstić information content (AvgIpc) is 3.35. The molecule has 0 aliphatic heterocycles. The van der Waals surface area contributed by atoms with Crippen LogP contribution >= 0.6 is 0 Å². The number of rotatable bonds is 10. The summed E-state index contributed by atoms with van der Waals surface area (Å²) in [4.78, 5) is 8.46.